The standard InChI is InChI=1S/C20H27N3O4/c1-14-9-18(27-22-14)10-16-12-23(13-19(16)24)8-7-20(25)21-11-15-3-5-17(26-2)6-4-15/h3-6,9,16,19,24H,7-8,10-13H2,1-2H3,(H,21,25)/t16-,19-/m1/s1. The highest BCUT2D eigenvalue weighted by Gasteiger charge is 2.32. The summed E-state index contributed by atoms with van der Waals surface area (Å²) in [7, 11) is 1.63. The van der Waals surface area contributed by atoms with Crippen LogP contribution in [0.5, 0.6) is 5.75 Å². The van der Waals surface area contributed by atoms with E-state index in [-0.39, 0.29) is 11.8 Å². The minimum absolute atomic E-state index is 0.00890. The zero-order valence-corrected chi connectivity index (χ0v) is 15.9. The number of aryl methyl sites for hydroxylation is 1. The molecule has 1 aromatic heterocycles. The van der Waals surface area contributed by atoms with E-state index >= 15 is 0 Å². The lowest BCUT2D eigenvalue weighted by molar-refractivity contribution is -0.121. The maximum Gasteiger partial charge on any atom is 0.221 e. The minimum atomic E-state index is -0.405. The lowest BCUT2D eigenvalue weighted by atomic mass is 10.0. The van der Waals surface area contributed by atoms with Gasteiger partial charge in [0.1, 0.15) is 11.5 Å². The molecule has 1 aliphatic rings. The van der Waals surface area contributed by atoms with Gasteiger partial charge in [0.05, 0.1) is 18.9 Å². The van der Waals surface area contributed by atoms with Gasteiger partial charge in [-0.1, -0.05) is 17.3 Å². The molecular weight excluding hydrogens is 346 g/mol. The van der Waals surface area contributed by atoms with E-state index in [1.54, 1.807) is 7.11 Å². The van der Waals surface area contributed by atoms with E-state index in [1.165, 1.54) is 0 Å². The molecule has 0 bridgehead atoms. The summed E-state index contributed by atoms with van der Waals surface area (Å²) in [5.41, 5.74) is 1.88. The van der Waals surface area contributed by atoms with Crippen molar-refractivity contribution in [1.29, 1.82) is 0 Å². The van der Waals surface area contributed by atoms with Crippen molar-refractivity contribution in [2.24, 2.45) is 5.92 Å². The monoisotopic (exact) mass is 373 g/mol. The van der Waals surface area contributed by atoms with Crippen LogP contribution < -0.4 is 10.1 Å². The largest absolute Gasteiger partial charge is 0.497 e. The predicted molar refractivity (Wildman–Crippen MR) is 100 cm³/mol. The SMILES string of the molecule is COc1ccc(CNC(=O)CCN2C[C@@H](Cc3cc(C)no3)[C@H](O)C2)cc1. The molecule has 27 heavy (non-hydrogen) atoms. The van der Waals surface area contributed by atoms with E-state index < -0.39 is 6.10 Å². The molecular formula is C20H27N3O4. The number of amides is 1. The Morgan fingerprint density at radius 3 is 2.81 bits per heavy atom. The number of carbonyl (C=O) groups is 1. The number of benzene rings is 1. The summed E-state index contributed by atoms with van der Waals surface area (Å²) < 4.78 is 10.4. The van der Waals surface area contributed by atoms with Gasteiger partial charge in [-0.05, 0) is 24.6 Å². The van der Waals surface area contributed by atoms with Crippen molar-refractivity contribution in [3.05, 3.63) is 47.3 Å². The normalized spacial score (nSPS) is 20.0. The molecule has 0 spiro atoms. The molecule has 0 saturated carbocycles. The summed E-state index contributed by atoms with van der Waals surface area (Å²) in [4.78, 5) is 14.2. The van der Waals surface area contributed by atoms with Gasteiger partial charge in [-0.25, -0.2) is 0 Å². The van der Waals surface area contributed by atoms with E-state index in [1.807, 2.05) is 37.3 Å². The third kappa shape index (κ3) is 5.55. The second-order valence-corrected chi connectivity index (χ2v) is 7.10. The average Bonchev–Trinajstić information content (AvgIpc) is 3.24. The summed E-state index contributed by atoms with van der Waals surface area (Å²) in [6.07, 6.45) is 0.678. The van der Waals surface area contributed by atoms with Crippen LogP contribution in [0.2, 0.25) is 0 Å². The lowest BCUT2D eigenvalue weighted by Gasteiger charge is -2.15. The summed E-state index contributed by atoms with van der Waals surface area (Å²) >= 11 is 0. The fourth-order valence-corrected chi connectivity index (χ4v) is 3.39. The molecule has 0 unspecified atom stereocenters. The van der Waals surface area contributed by atoms with Gasteiger partial charge in [0.25, 0.3) is 0 Å². The predicted octanol–water partition coefficient (Wildman–Crippen LogP) is 1.53. The minimum Gasteiger partial charge on any atom is -0.497 e. The summed E-state index contributed by atoms with van der Waals surface area (Å²) in [6, 6.07) is 9.53. The Morgan fingerprint density at radius 1 is 1.37 bits per heavy atom. The number of rotatable bonds is 8. The van der Waals surface area contributed by atoms with Crippen molar-refractivity contribution < 1.29 is 19.2 Å². The Labute approximate surface area is 159 Å². The van der Waals surface area contributed by atoms with Crippen LogP contribution in [0.25, 0.3) is 0 Å². The Bertz CT molecular complexity index is 744. The van der Waals surface area contributed by atoms with Crippen LogP contribution in [-0.4, -0.2) is 53.9 Å². The molecule has 7 nitrogen and oxygen atoms in total. The van der Waals surface area contributed by atoms with Crippen molar-refractivity contribution in [2.45, 2.75) is 32.4 Å². The number of aliphatic hydroxyl groups is 1. The van der Waals surface area contributed by atoms with Gasteiger partial charge in [-0.2, -0.15) is 0 Å². The molecule has 0 aliphatic carbocycles. The fourth-order valence-electron chi connectivity index (χ4n) is 3.39. The highest BCUT2D eigenvalue weighted by atomic mass is 16.5. The third-order valence-electron chi connectivity index (χ3n) is 4.93. The first kappa shape index (κ1) is 19.4. The van der Waals surface area contributed by atoms with Crippen LogP contribution in [0.15, 0.2) is 34.9 Å². The molecule has 1 amide bonds. The summed E-state index contributed by atoms with van der Waals surface area (Å²) in [5.74, 6) is 1.72. The number of ether oxygens (including phenoxy) is 1. The molecule has 1 aromatic carbocycles. The number of aromatic nitrogens is 1. The Balaban J connectivity index is 1.38. The molecule has 0 radical (unpaired) electrons. The van der Waals surface area contributed by atoms with Gasteiger partial charge in [0.2, 0.25) is 5.91 Å². The van der Waals surface area contributed by atoms with Gasteiger partial charge in [0.15, 0.2) is 0 Å². The smallest absolute Gasteiger partial charge is 0.221 e. The first-order valence-corrected chi connectivity index (χ1v) is 9.25. The lowest BCUT2D eigenvalue weighted by Crippen LogP contribution is -2.30. The first-order valence-electron chi connectivity index (χ1n) is 9.25. The molecule has 3 rings (SSSR count). The van der Waals surface area contributed by atoms with Crippen LogP contribution in [0.3, 0.4) is 0 Å². The fraction of sp³-hybridized carbons (Fsp3) is 0.500. The zero-order chi connectivity index (χ0) is 19.2. The first-order chi connectivity index (χ1) is 13.0. The van der Waals surface area contributed by atoms with E-state index in [2.05, 4.69) is 15.4 Å². The number of carbonyl (C=O) groups excluding carboxylic acids is 1. The van der Waals surface area contributed by atoms with E-state index in [9.17, 15) is 9.90 Å². The summed E-state index contributed by atoms with van der Waals surface area (Å²) in [5, 5.41) is 17.1. The van der Waals surface area contributed by atoms with Gasteiger partial charge in [-0.15, -0.1) is 0 Å². The van der Waals surface area contributed by atoms with Crippen LogP contribution in [0, 0.1) is 12.8 Å². The van der Waals surface area contributed by atoms with Crippen LogP contribution in [0.1, 0.15) is 23.4 Å². The molecule has 2 aromatic rings. The number of nitrogens with zero attached hydrogens (tertiary/aromatic N) is 2. The van der Waals surface area contributed by atoms with Crippen LogP contribution in [0.4, 0.5) is 0 Å². The molecule has 2 heterocycles. The molecule has 1 fully saturated rings. The number of nitrogens with one attached hydrogen (secondary N) is 1. The van der Waals surface area contributed by atoms with E-state index in [0.29, 0.717) is 32.5 Å². The highest BCUT2D eigenvalue weighted by molar-refractivity contribution is 5.76. The highest BCUT2D eigenvalue weighted by Crippen LogP contribution is 2.22. The molecule has 2 N–H and O–H groups in total. The second kappa shape index (κ2) is 9.01. The Morgan fingerprint density at radius 2 is 2.15 bits per heavy atom. The molecule has 2 atom stereocenters. The molecule has 7 heteroatoms. The van der Waals surface area contributed by atoms with Gasteiger partial charge < -0.3 is 19.7 Å². The number of methoxy groups -OCH3 is 1. The van der Waals surface area contributed by atoms with Crippen molar-refractivity contribution in [1.82, 2.24) is 15.4 Å². The van der Waals surface area contributed by atoms with Gasteiger partial charge >= 0.3 is 0 Å². The summed E-state index contributed by atoms with van der Waals surface area (Å²) in [6.45, 7) is 4.36. The molecule has 1 aliphatic heterocycles. The van der Waals surface area contributed by atoms with Crippen molar-refractivity contribution in [3.63, 3.8) is 0 Å². The number of β-amino-alcohol motifs (C(OH)–C–C–N with tert-alkyl or cyclic N) is 1. The van der Waals surface area contributed by atoms with Crippen molar-refractivity contribution >= 4 is 5.91 Å². The molecule has 1 saturated heterocycles. The third-order valence-corrected chi connectivity index (χ3v) is 4.93. The number of likely N-dealkylation sites (tertiary alicyclic amines) is 1. The average molecular weight is 373 g/mol. The van der Waals surface area contributed by atoms with Gasteiger partial charge in [0, 0.05) is 51.0 Å². The number of aliphatic hydroxyl groups excluding tert-OH is 1. The van der Waals surface area contributed by atoms with E-state index in [0.717, 1.165) is 29.3 Å². The maximum atomic E-state index is 12.1. The van der Waals surface area contributed by atoms with Crippen molar-refractivity contribution in [3.8, 4) is 5.75 Å². The van der Waals surface area contributed by atoms with Gasteiger partial charge in [-0.3, -0.25) is 9.69 Å². The topological polar surface area (TPSA) is 87.8 Å². The zero-order valence-electron chi connectivity index (χ0n) is 15.9. The van der Waals surface area contributed by atoms with Crippen LogP contribution >= 0.6 is 0 Å². The van der Waals surface area contributed by atoms with Crippen LogP contribution in [-0.2, 0) is 17.8 Å². The Hall–Kier alpha value is -2.38. The second-order valence-electron chi connectivity index (χ2n) is 7.10. The Kier molecular flexibility index (Phi) is 6.47. The number of hydrogen-bond acceptors (Lipinski definition) is 6. The maximum absolute atomic E-state index is 12.1. The van der Waals surface area contributed by atoms with Crippen molar-refractivity contribution in [2.75, 3.05) is 26.7 Å². The number of hydrogen-bond donors (Lipinski definition) is 2. The van der Waals surface area contributed by atoms with E-state index in [4.69, 9.17) is 9.26 Å². The molecule has 146 valence electrons. The quantitative estimate of drug-likeness (QED) is 0.730.